The van der Waals surface area contributed by atoms with Gasteiger partial charge in [0.1, 0.15) is 5.76 Å². The zero-order chi connectivity index (χ0) is 8.55. The molecule has 1 aliphatic rings. The van der Waals surface area contributed by atoms with Gasteiger partial charge >= 0.3 is 0 Å². The van der Waals surface area contributed by atoms with E-state index < -0.39 is 5.91 Å². The lowest BCUT2D eigenvalue weighted by Crippen LogP contribution is -2.09. The van der Waals surface area contributed by atoms with E-state index in [1.165, 1.54) is 0 Å². The van der Waals surface area contributed by atoms with Crippen LogP contribution in [0.5, 0.6) is 0 Å². The normalized spacial score (nSPS) is 15.7. The van der Waals surface area contributed by atoms with E-state index in [0.29, 0.717) is 0 Å². The van der Waals surface area contributed by atoms with Crippen molar-refractivity contribution in [3.63, 3.8) is 0 Å². The molecule has 3 heteroatoms. The van der Waals surface area contributed by atoms with Gasteiger partial charge in [0.15, 0.2) is 5.76 Å². The number of furan rings is 1. The van der Waals surface area contributed by atoms with Gasteiger partial charge in [0.25, 0.3) is 5.91 Å². The maximum atomic E-state index is 10.7. The topological polar surface area (TPSA) is 56.2 Å². The van der Waals surface area contributed by atoms with Crippen LogP contribution >= 0.6 is 0 Å². The van der Waals surface area contributed by atoms with Crippen LogP contribution in [0.25, 0.3) is 0 Å². The van der Waals surface area contributed by atoms with Gasteiger partial charge in [-0.15, -0.1) is 0 Å². The number of hydrogen-bond acceptors (Lipinski definition) is 2. The summed E-state index contributed by atoms with van der Waals surface area (Å²) in [5.41, 5.74) is 5.98. The van der Waals surface area contributed by atoms with Gasteiger partial charge in [0.2, 0.25) is 0 Å². The predicted octanol–water partition coefficient (Wildman–Crippen LogP) is 1.14. The van der Waals surface area contributed by atoms with E-state index in [9.17, 15) is 4.79 Å². The Morgan fingerprint density at radius 1 is 1.67 bits per heavy atom. The molecule has 1 heterocycles. The molecule has 0 aliphatic heterocycles. The van der Waals surface area contributed by atoms with E-state index in [1.54, 1.807) is 6.07 Å². The summed E-state index contributed by atoms with van der Waals surface area (Å²) in [6.45, 7) is 0. The molecular weight excluding hydrogens is 154 g/mol. The Balaban J connectivity index is 2.38. The van der Waals surface area contributed by atoms with Crippen LogP contribution in [0.1, 0.15) is 34.7 Å². The van der Waals surface area contributed by atoms with Crippen LogP contribution < -0.4 is 5.73 Å². The van der Waals surface area contributed by atoms with E-state index in [2.05, 4.69) is 6.42 Å². The number of carbonyl (C=O) groups is 1. The van der Waals surface area contributed by atoms with Crippen molar-refractivity contribution in [2.75, 3.05) is 0 Å². The Morgan fingerprint density at radius 3 is 3.17 bits per heavy atom. The summed E-state index contributed by atoms with van der Waals surface area (Å²) in [6.07, 6.45) is 6.00. The van der Waals surface area contributed by atoms with E-state index in [0.717, 1.165) is 30.6 Å². The number of amides is 1. The molecule has 62 valence electrons. The van der Waals surface area contributed by atoms with Gasteiger partial charge in [-0.3, -0.25) is 4.79 Å². The Hall–Kier alpha value is -1.25. The number of rotatable bonds is 1. The van der Waals surface area contributed by atoms with Crippen molar-refractivity contribution in [1.82, 2.24) is 0 Å². The molecule has 1 aromatic heterocycles. The third-order valence-electron chi connectivity index (χ3n) is 1.95. The van der Waals surface area contributed by atoms with Gasteiger partial charge in [-0.05, 0) is 18.9 Å². The molecule has 2 rings (SSSR count). The summed E-state index contributed by atoms with van der Waals surface area (Å²) in [6, 6.07) is 1.66. The summed E-state index contributed by atoms with van der Waals surface area (Å²) in [7, 11) is 0. The van der Waals surface area contributed by atoms with E-state index in [1.807, 2.05) is 0 Å². The van der Waals surface area contributed by atoms with Gasteiger partial charge in [-0.2, -0.15) is 0 Å². The maximum absolute atomic E-state index is 10.7. The molecule has 3 nitrogen and oxygen atoms in total. The highest BCUT2D eigenvalue weighted by atomic mass is 16.3. The molecule has 0 atom stereocenters. The summed E-state index contributed by atoms with van der Waals surface area (Å²) in [5.74, 6) is 0.579. The highest BCUT2D eigenvalue weighted by molar-refractivity contribution is 5.90. The van der Waals surface area contributed by atoms with Gasteiger partial charge in [-0.25, -0.2) is 0 Å². The zero-order valence-electron chi connectivity index (χ0n) is 6.59. The molecule has 1 amide bonds. The van der Waals surface area contributed by atoms with Crippen LogP contribution in [0.2, 0.25) is 0 Å². The number of aryl methyl sites for hydroxylation is 1. The van der Waals surface area contributed by atoms with Gasteiger partial charge in [-0.1, -0.05) is 0 Å². The number of fused-ring (bicyclic) bond motifs is 1. The number of primary amides is 1. The highest BCUT2D eigenvalue weighted by Crippen LogP contribution is 2.25. The molecule has 0 fully saturated rings. The molecule has 0 aromatic carbocycles. The third-order valence-corrected chi connectivity index (χ3v) is 1.95. The zero-order valence-corrected chi connectivity index (χ0v) is 6.59. The summed E-state index contributed by atoms with van der Waals surface area (Å²) in [5, 5.41) is 0. The molecule has 0 saturated heterocycles. The lowest BCUT2D eigenvalue weighted by atomic mass is 9.99. The van der Waals surface area contributed by atoms with Gasteiger partial charge in [0.05, 0.1) is 0 Å². The lowest BCUT2D eigenvalue weighted by Gasteiger charge is -2.06. The van der Waals surface area contributed by atoms with Crippen molar-refractivity contribution in [2.24, 2.45) is 5.73 Å². The molecule has 0 bridgehead atoms. The minimum absolute atomic E-state index is 0.245. The lowest BCUT2D eigenvalue weighted by molar-refractivity contribution is 0.0972. The standard InChI is InChI=1S/C9H9NO2/c10-9(11)8-5-6-3-1-2-4-7(6)12-8/h5H,1-2,4H2,(H2,10,11). The molecule has 0 spiro atoms. The first-order valence-electron chi connectivity index (χ1n) is 3.94. The summed E-state index contributed by atoms with van der Waals surface area (Å²) < 4.78 is 5.23. The van der Waals surface area contributed by atoms with E-state index in [-0.39, 0.29) is 5.76 Å². The average Bonchev–Trinajstić information content (AvgIpc) is 2.46. The molecular formula is C9H9NO2. The quantitative estimate of drug-likeness (QED) is 0.675. The monoisotopic (exact) mass is 163 g/mol. The van der Waals surface area contributed by atoms with E-state index in [4.69, 9.17) is 10.2 Å². The molecule has 12 heavy (non-hydrogen) atoms. The van der Waals surface area contributed by atoms with Crippen LogP contribution in [0.15, 0.2) is 10.5 Å². The maximum Gasteiger partial charge on any atom is 0.284 e. The second kappa shape index (κ2) is 2.66. The van der Waals surface area contributed by atoms with Crippen LogP contribution in [0.4, 0.5) is 0 Å². The molecule has 2 radical (unpaired) electrons. The van der Waals surface area contributed by atoms with Crippen LogP contribution in [0.3, 0.4) is 0 Å². The number of hydrogen-bond donors (Lipinski definition) is 1. The largest absolute Gasteiger partial charge is 0.456 e. The van der Waals surface area contributed by atoms with Crippen molar-refractivity contribution in [1.29, 1.82) is 0 Å². The van der Waals surface area contributed by atoms with Gasteiger partial charge < -0.3 is 10.2 Å². The Labute approximate surface area is 70.5 Å². The first-order chi connectivity index (χ1) is 5.77. The smallest absolute Gasteiger partial charge is 0.284 e. The molecule has 2 N–H and O–H groups in total. The second-order valence-electron chi connectivity index (χ2n) is 2.84. The SMILES string of the molecule is NC(=O)c1cc2c(o1)CCC[C]2. The first-order valence-corrected chi connectivity index (χ1v) is 3.94. The molecule has 1 aliphatic carbocycles. The fraction of sp³-hybridized carbons (Fsp3) is 0.333. The molecule has 1 aromatic rings. The van der Waals surface area contributed by atoms with Crippen molar-refractivity contribution in [2.45, 2.75) is 19.3 Å². The predicted molar refractivity (Wildman–Crippen MR) is 42.5 cm³/mol. The van der Waals surface area contributed by atoms with Crippen molar-refractivity contribution in [3.05, 3.63) is 29.6 Å². The number of nitrogens with two attached hydrogens (primary N) is 1. The highest BCUT2D eigenvalue weighted by Gasteiger charge is 2.17. The van der Waals surface area contributed by atoms with Crippen molar-refractivity contribution in [3.8, 4) is 0 Å². The van der Waals surface area contributed by atoms with Crippen LogP contribution in [-0.4, -0.2) is 5.91 Å². The summed E-state index contributed by atoms with van der Waals surface area (Å²) in [4.78, 5) is 10.7. The second-order valence-corrected chi connectivity index (χ2v) is 2.84. The van der Waals surface area contributed by atoms with Gasteiger partial charge in [0, 0.05) is 18.4 Å². The molecule has 0 saturated carbocycles. The number of carbonyl (C=O) groups excluding carboxylic acids is 1. The fourth-order valence-electron chi connectivity index (χ4n) is 1.36. The minimum Gasteiger partial charge on any atom is -0.456 e. The minimum atomic E-state index is -0.508. The third kappa shape index (κ3) is 1.11. The Morgan fingerprint density at radius 2 is 2.50 bits per heavy atom. The Bertz CT molecular complexity index is 291. The van der Waals surface area contributed by atoms with E-state index >= 15 is 0 Å². The molecule has 0 unspecified atom stereocenters. The van der Waals surface area contributed by atoms with Crippen molar-refractivity contribution >= 4 is 5.91 Å². The first kappa shape index (κ1) is 7.40. The summed E-state index contributed by atoms with van der Waals surface area (Å²) >= 11 is 0. The van der Waals surface area contributed by atoms with Crippen LogP contribution in [-0.2, 0) is 6.42 Å². The average molecular weight is 163 g/mol. The van der Waals surface area contributed by atoms with Crippen LogP contribution in [0, 0.1) is 6.42 Å². The fourth-order valence-corrected chi connectivity index (χ4v) is 1.36. The van der Waals surface area contributed by atoms with Crippen molar-refractivity contribution < 1.29 is 9.21 Å². The Kier molecular flexibility index (Phi) is 1.64.